The van der Waals surface area contributed by atoms with Gasteiger partial charge in [0.2, 0.25) is 0 Å². The van der Waals surface area contributed by atoms with Gasteiger partial charge >= 0.3 is 6.03 Å². The first-order valence-electron chi connectivity index (χ1n) is 8.96. The van der Waals surface area contributed by atoms with Crippen molar-refractivity contribution in [2.45, 2.75) is 32.4 Å². The predicted octanol–water partition coefficient (Wildman–Crippen LogP) is 3.82. The Kier molecular flexibility index (Phi) is 4.41. The average Bonchev–Trinajstić information content (AvgIpc) is 3.35. The van der Waals surface area contributed by atoms with Crippen LogP contribution in [-0.2, 0) is 6.54 Å². The molecular formula is C20H22FN3O2. The van der Waals surface area contributed by atoms with Crippen LogP contribution in [0.5, 0.6) is 5.75 Å². The number of rotatable bonds is 6. The van der Waals surface area contributed by atoms with Crippen molar-refractivity contribution in [3.05, 3.63) is 53.3 Å². The number of halogens is 1. The number of amides is 2. The lowest BCUT2D eigenvalue weighted by Gasteiger charge is -2.18. The van der Waals surface area contributed by atoms with E-state index in [2.05, 4.69) is 10.6 Å². The molecular weight excluding hydrogens is 333 g/mol. The van der Waals surface area contributed by atoms with Crippen molar-refractivity contribution in [2.24, 2.45) is 0 Å². The number of hydrogen-bond donors (Lipinski definition) is 2. The molecule has 6 heteroatoms. The van der Waals surface area contributed by atoms with E-state index in [1.54, 1.807) is 17.0 Å². The van der Waals surface area contributed by atoms with Crippen molar-refractivity contribution in [3.63, 3.8) is 0 Å². The minimum Gasteiger partial charge on any atom is -0.487 e. The summed E-state index contributed by atoms with van der Waals surface area (Å²) in [5.41, 5.74) is 3.32. The Labute approximate surface area is 152 Å². The summed E-state index contributed by atoms with van der Waals surface area (Å²) in [4.78, 5) is 13.6. The van der Waals surface area contributed by atoms with E-state index in [1.807, 2.05) is 31.2 Å². The zero-order valence-corrected chi connectivity index (χ0v) is 14.7. The van der Waals surface area contributed by atoms with E-state index in [0.717, 1.165) is 29.8 Å². The second kappa shape index (κ2) is 6.86. The summed E-state index contributed by atoms with van der Waals surface area (Å²) in [6, 6.07) is 11.0. The maximum absolute atomic E-state index is 14.6. The van der Waals surface area contributed by atoms with Gasteiger partial charge in [-0.15, -0.1) is 0 Å². The summed E-state index contributed by atoms with van der Waals surface area (Å²) in [5, 5.41) is 6.09. The SMILES string of the molecule is Cc1ccc(N2CCNC2=O)cc1NCc1cccc(OC2CC2)c1F. The highest BCUT2D eigenvalue weighted by atomic mass is 19.1. The molecule has 2 aromatic carbocycles. The molecule has 2 N–H and O–H groups in total. The van der Waals surface area contributed by atoms with Crippen LogP contribution in [-0.4, -0.2) is 25.2 Å². The summed E-state index contributed by atoms with van der Waals surface area (Å²) < 4.78 is 20.2. The van der Waals surface area contributed by atoms with Crippen LogP contribution in [0.25, 0.3) is 0 Å². The van der Waals surface area contributed by atoms with E-state index >= 15 is 0 Å². The van der Waals surface area contributed by atoms with Gasteiger partial charge in [0.05, 0.1) is 6.10 Å². The van der Waals surface area contributed by atoms with Crippen LogP contribution in [0.15, 0.2) is 36.4 Å². The fourth-order valence-electron chi connectivity index (χ4n) is 3.03. The highest BCUT2D eigenvalue weighted by Gasteiger charge is 2.25. The van der Waals surface area contributed by atoms with Gasteiger partial charge in [-0.05, 0) is 43.5 Å². The third-order valence-corrected chi connectivity index (χ3v) is 4.72. The van der Waals surface area contributed by atoms with E-state index in [4.69, 9.17) is 4.74 Å². The summed E-state index contributed by atoms with van der Waals surface area (Å²) >= 11 is 0. The molecule has 2 aromatic rings. The van der Waals surface area contributed by atoms with Gasteiger partial charge in [-0.2, -0.15) is 0 Å². The lowest BCUT2D eigenvalue weighted by molar-refractivity contribution is 0.252. The zero-order valence-electron chi connectivity index (χ0n) is 14.7. The molecule has 0 atom stereocenters. The summed E-state index contributed by atoms with van der Waals surface area (Å²) in [6.07, 6.45) is 2.16. The molecule has 0 bridgehead atoms. The van der Waals surface area contributed by atoms with Crippen LogP contribution in [0.4, 0.5) is 20.6 Å². The third kappa shape index (κ3) is 3.45. The zero-order chi connectivity index (χ0) is 18.1. The quantitative estimate of drug-likeness (QED) is 0.828. The maximum atomic E-state index is 14.6. The Bertz CT molecular complexity index is 836. The van der Waals surface area contributed by atoms with Crippen molar-refractivity contribution in [1.29, 1.82) is 0 Å². The molecule has 0 aromatic heterocycles. The normalized spacial score (nSPS) is 16.5. The molecule has 1 aliphatic carbocycles. The van der Waals surface area contributed by atoms with E-state index in [0.29, 0.717) is 30.9 Å². The molecule has 2 fully saturated rings. The first-order valence-corrected chi connectivity index (χ1v) is 8.96. The summed E-state index contributed by atoms with van der Waals surface area (Å²) in [5.74, 6) is 0.0191. The Morgan fingerprint density at radius 2 is 2.15 bits per heavy atom. The number of ether oxygens (including phenoxy) is 1. The number of benzene rings is 2. The van der Waals surface area contributed by atoms with Crippen LogP contribution in [0.3, 0.4) is 0 Å². The minimum absolute atomic E-state index is 0.0872. The maximum Gasteiger partial charge on any atom is 0.321 e. The third-order valence-electron chi connectivity index (χ3n) is 4.72. The Balaban J connectivity index is 1.50. The van der Waals surface area contributed by atoms with Crippen LogP contribution in [0.1, 0.15) is 24.0 Å². The summed E-state index contributed by atoms with van der Waals surface area (Å²) in [6.45, 7) is 3.63. The van der Waals surface area contributed by atoms with E-state index in [-0.39, 0.29) is 18.0 Å². The van der Waals surface area contributed by atoms with Gasteiger partial charge in [0.25, 0.3) is 0 Å². The molecule has 2 amide bonds. The number of aryl methyl sites for hydroxylation is 1. The van der Waals surface area contributed by atoms with Gasteiger partial charge < -0.3 is 15.4 Å². The Morgan fingerprint density at radius 3 is 2.88 bits per heavy atom. The number of urea groups is 1. The van der Waals surface area contributed by atoms with Crippen LogP contribution >= 0.6 is 0 Å². The Morgan fingerprint density at radius 1 is 1.31 bits per heavy atom. The van der Waals surface area contributed by atoms with Gasteiger partial charge in [0, 0.05) is 36.6 Å². The molecule has 1 saturated carbocycles. The second-order valence-electron chi connectivity index (χ2n) is 6.78. The lowest BCUT2D eigenvalue weighted by Crippen LogP contribution is -2.27. The number of carbonyl (C=O) groups excluding carboxylic acids is 1. The van der Waals surface area contributed by atoms with E-state index < -0.39 is 0 Å². The lowest BCUT2D eigenvalue weighted by atomic mass is 10.1. The van der Waals surface area contributed by atoms with E-state index in [1.165, 1.54) is 0 Å². The number of carbonyl (C=O) groups is 1. The molecule has 0 radical (unpaired) electrons. The highest BCUT2D eigenvalue weighted by molar-refractivity contribution is 5.94. The molecule has 1 saturated heterocycles. The fraction of sp³-hybridized carbons (Fsp3) is 0.350. The van der Waals surface area contributed by atoms with Crippen LogP contribution in [0, 0.1) is 12.7 Å². The van der Waals surface area contributed by atoms with Crippen LogP contribution in [0.2, 0.25) is 0 Å². The van der Waals surface area contributed by atoms with Crippen LogP contribution < -0.4 is 20.3 Å². The molecule has 1 heterocycles. The molecule has 0 unspecified atom stereocenters. The molecule has 2 aliphatic rings. The summed E-state index contributed by atoms with van der Waals surface area (Å²) in [7, 11) is 0. The molecule has 4 rings (SSSR count). The Hall–Kier alpha value is -2.76. The van der Waals surface area contributed by atoms with Crippen molar-refractivity contribution in [3.8, 4) is 5.75 Å². The number of hydrogen-bond acceptors (Lipinski definition) is 3. The van der Waals surface area contributed by atoms with Crippen molar-refractivity contribution >= 4 is 17.4 Å². The molecule has 5 nitrogen and oxygen atoms in total. The standard InChI is InChI=1S/C20H22FN3O2/c1-13-5-6-15(24-10-9-22-20(24)25)11-17(13)23-12-14-3-2-4-18(19(14)21)26-16-7-8-16/h2-6,11,16,23H,7-10,12H2,1H3,(H,22,25). The number of nitrogens with one attached hydrogen (secondary N) is 2. The van der Waals surface area contributed by atoms with Crippen molar-refractivity contribution < 1.29 is 13.9 Å². The molecule has 1 aliphatic heterocycles. The van der Waals surface area contributed by atoms with Gasteiger partial charge in [-0.1, -0.05) is 18.2 Å². The average molecular weight is 355 g/mol. The molecule has 136 valence electrons. The topological polar surface area (TPSA) is 53.6 Å². The van der Waals surface area contributed by atoms with Gasteiger partial charge in [0.1, 0.15) is 0 Å². The van der Waals surface area contributed by atoms with Gasteiger partial charge in [-0.3, -0.25) is 4.90 Å². The smallest absolute Gasteiger partial charge is 0.321 e. The predicted molar refractivity (Wildman–Crippen MR) is 99.3 cm³/mol. The fourth-order valence-corrected chi connectivity index (χ4v) is 3.03. The number of nitrogens with zero attached hydrogens (tertiary/aromatic N) is 1. The van der Waals surface area contributed by atoms with Gasteiger partial charge in [0.15, 0.2) is 11.6 Å². The first kappa shape index (κ1) is 16.7. The van der Waals surface area contributed by atoms with Gasteiger partial charge in [-0.25, -0.2) is 9.18 Å². The monoisotopic (exact) mass is 355 g/mol. The highest BCUT2D eigenvalue weighted by Crippen LogP contribution is 2.30. The minimum atomic E-state index is -0.306. The van der Waals surface area contributed by atoms with Crippen molar-refractivity contribution in [2.75, 3.05) is 23.3 Å². The largest absolute Gasteiger partial charge is 0.487 e. The van der Waals surface area contributed by atoms with E-state index in [9.17, 15) is 9.18 Å². The second-order valence-corrected chi connectivity index (χ2v) is 6.78. The first-order chi connectivity index (χ1) is 12.6. The molecule has 0 spiro atoms. The van der Waals surface area contributed by atoms with Crippen molar-refractivity contribution in [1.82, 2.24) is 5.32 Å². The molecule has 26 heavy (non-hydrogen) atoms. The number of anilines is 2.